The molecule has 7 heteroatoms. The number of rotatable bonds is 4. The van der Waals surface area contributed by atoms with Crippen molar-refractivity contribution in [3.63, 3.8) is 0 Å². The molecule has 3 aromatic rings. The Morgan fingerprint density at radius 2 is 1.81 bits per heavy atom. The number of aryl methyl sites for hydroxylation is 1. The molecule has 0 amide bonds. The number of hydrogen-bond donors (Lipinski definition) is 1. The molecule has 1 aromatic heterocycles. The molecule has 0 radical (unpaired) electrons. The number of fused-ring (bicyclic) bond motifs is 1. The Kier molecular flexibility index (Phi) is 4.95. The highest BCUT2D eigenvalue weighted by Gasteiger charge is 2.33. The maximum absolute atomic E-state index is 13.2. The molecular weight excluding hydrogens is 355 g/mol. The van der Waals surface area contributed by atoms with Gasteiger partial charge in [-0.15, -0.1) is 0 Å². The van der Waals surface area contributed by atoms with Crippen molar-refractivity contribution in [2.75, 3.05) is 12.4 Å². The lowest BCUT2D eigenvalue weighted by Gasteiger charge is -2.21. The van der Waals surface area contributed by atoms with Crippen LogP contribution in [0.15, 0.2) is 36.4 Å². The quantitative estimate of drug-likeness (QED) is 0.659. The Bertz CT molecular complexity index is 986. The average Bonchev–Trinajstić information content (AvgIpc) is 2.60. The van der Waals surface area contributed by atoms with Gasteiger partial charge in [-0.25, -0.2) is 9.97 Å². The van der Waals surface area contributed by atoms with Gasteiger partial charge in [0.05, 0.1) is 24.2 Å². The second-order valence-corrected chi connectivity index (χ2v) is 6.39. The van der Waals surface area contributed by atoms with E-state index in [1.54, 1.807) is 32.2 Å². The van der Waals surface area contributed by atoms with Gasteiger partial charge in [0.1, 0.15) is 17.4 Å². The van der Waals surface area contributed by atoms with E-state index in [9.17, 15) is 13.2 Å². The van der Waals surface area contributed by atoms with Gasteiger partial charge in [0.25, 0.3) is 0 Å². The number of benzene rings is 2. The zero-order valence-electron chi connectivity index (χ0n) is 15.5. The third-order valence-corrected chi connectivity index (χ3v) is 4.52. The van der Waals surface area contributed by atoms with E-state index in [2.05, 4.69) is 15.3 Å². The topological polar surface area (TPSA) is 47.0 Å². The predicted molar refractivity (Wildman–Crippen MR) is 99.0 cm³/mol. The summed E-state index contributed by atoms with van der Waals surface area (Å²) in [4.78, 5) is 8.85. The molecule has 1 atom stereocenters. The van der Waals surface area contributed by atoms with Crippen LogP contribution in [0.5, 0.6) is 5.75 Å². The van der Waals surface area contributed by atoms with Crippen LogP contribution in [-0.4, -0.2) is 17.1 Å². The zero-order chi connectivity index (χ0) is 19.8. The van der Waals surface area contributed by atoms with Crippen molar-refractivity contribution in [3.05, 3.63) is 58.9 Å². The molecule has 0 aliphatic carbocycles. The van der Waals surface area contributed by atoms with Crippen LogP contribution < -0.4 is 10.1 Å². The van der Waals surface area contributed by atoms with Crippen molar-refractivity contribution in [2.45, 2.75) is 33.0 Å². The monoisotopic (exact) mass is 375 g/mol. The zero-order valence-corrected chi connectivity index (χ0v) is 15.5. The van der Waals surface area contributed by atoms with Crippen molar-refractivity contribution in [1.29, 1.82) is 0 Å². The standard InChI is InChI=1S/C20H20F3N3O/c1-11-15(6-5-7-17(11)20(21,22)23)12(2)24-19-16-9-8-14(27-4)10-18(16)25-13(3)26-19/h5-10,12H,1-4H3,(H,24,25,26). The van der Waals surface area contributed by atoms with Gasteiger partial charge < -0.3 is 10.1 Å². The molecule has 2 aromatic carbocycles. The van der Waals surface area contributed by atoms with Crippen molar-refractivity contribution in [3.8, 4) is 5.75 Å². The number of nitrogens with zero attached hydrogens (tertiary/aromatic N) is 2. The highest BCUT2D eigenvalue weighted by molar-refractivity contribution is 5.90. The van der Waals surface area contributed by atoms with Gasteiger partial charge in [-0.05, 0) is 50.1 Å². The van der Waals surface area contributed by atoms with Gasteiger partial charge >= 0.3 is 6.18 Å². The molecule has 3 rings (SSSR count). The fraction of sp³-hybridized carbons (Fsp3) is 0.300. The minimum Gasteiger partial charge on any atom is -0.497 e. The third kappa shape index (κ3) is 3.82. The molecule has 1 heterocycles. The normalized spacial score (nSPS) is 12.9. The van der Waals surface area contributed by atoms with E-state index in [-0.39, 0.29) is 11.6 Å². The van der Waals surface area contributed by atoms with Gasteiger partial charge in [-0.2, -0.15) is 13.2 Å². The van der Waals surface area contributed by atoms with Crippen molar-refractivity contribution in [2.24, 2.45) is 0 Å². The van der Waals surface area contributed by atoms with E-state index < -0.39 is 11.7 Å². The van der Waals surface area contributed by atoms with Gasteiger partial charge in [0.15, 0.2) is 0 Å². The first-order valence-electron chi connectivity index (χ1n) is 8.46. The molecule has 27 heavy (non-hydrogen) atoms. The molecular formula is C20H20F3N3O. The van der Waals surface area contributed by atoms with Crippen LogP contribution in [0.1, 0.15) is 35.5 Å². The van der Waals surface area contributed by atoms with E-state index in [0.717, 1.165) is 11.5 Å². The SMILES string of the molecule is COc1ccc2c(NC(C)c3cccc(C(F)(F)F)c3C)nc(C)nc2c1. The van der Waals surface area contributed by atoms with E-state index in [1.165, 1.54) is 13.0 Å². The molecule has 1 unspecified atom stereocenters. The maximum atomic E-state index is 13.2. The molecule has 0 spiro atoms. The molecule has 4 nitrogen and oxygen atoms in total. The summed E-state index contributed by atoms with van der Waals surface area (Å²) < 4.78 is 44.8. The lowest BCUT2D eigenvalue weighted by atomic mass is 9.97. The minimum absolute atomic E-state index is 0.210. The molecule has 1 N–H and O–H groups in total. The van der Waals surface area contributed by atoms with E-state index in [1.807, 2.05) is 13.0 Å². The van der Waals surface area contributed by atoms with Crippen LogP contribution in [-0.2, 0) is 6.18 Å². The van der Waals surface area contributed by atoms with Gasteiger partial charge in [-0.3, -0.25) is 0 Å². The molecule has 0 aliphatic heterocycles. The van der Waals surface area contributed by atoms with Crippen LogP contribution in [0.4, 0.5) is 19.0 Å². The summed E-state index contributed by atoms with van der Waals surface area (Å²) in [7, 11) is 1.58. The Morgan fingerprint density at radius 3 is 2.48 bits per heavy atom. The summed E-state index contributed by atoms with van der Waals surface area (Å²) in [5.41, 5.74) is 0.865. The van der Waals surface area contributed by atoms with E-state index >= 15 is 0 Å². The Hall–Kier alpha value is -2.83. The highest BCUT2D eigenvalue weighted by Crippen LogP contribution is 2.35. The van der Waals surface area contributed by atoms with Crippen molar-refractivity contribution >= 4 is 16.7 Å². The number of nitrogens with one attached hydrogen (secondary N) is 1. The predicted octanol–water partition coefficient (Wildman–Crippen LogP) is 5.45. The number of halogens is 3. The molecule has 0 bridgehead atoms. The fourth-order valence-corrected chi connectivity index (χ4v) is 3.18. The molecule has 0 fully saturated rings. The Balaban J connectivity index is 2.01. The lowest BCUT2D eigenvalue weighted by molar-refractivity contribution is -0.138. The molecule has 0 aliphatic rings. The van der Waals surface area contributed by atoms with Crippen LogP contribution >= 0.6 is 0 Å². The summed E-state index contributed by atoms with van der Waals surface area (Å²) in [5, 5.41) is 4.02. The van der Waals surface area contributed by atoms with E-state index in [4.69, 9.17) is 4.74 Å². The lowest BCUT2D eigenvalue weighted by Crippen LogP contribution is -2.14. The van der Waals surface area contributed by atoms with Crippen LogP contribution in [0, 0.1) is 13.8 Å². The first-order chi connectivity index (χ1) is 12.7. The number of methoxy groups -OCH3 is 1. The number of ether oxygens (including phenoxy) is 1. The fourth-order valence-electron chi connectivity index (χ4n) is 3.18. The van der Waals surface area contributed by atoms with Crippen LogP contribution in [0.2, 0.25) is 0 Å². The maximum Gasteiger partial charge on any atom is 0.416 e. The second-order valence-electron chi connectivity index (χ2n) is 6.39. The molecule has 0 saturated carbocycles. The largest absolute Gasteiger partial charge is 0.497 e. The minimum atomic E-state index is -4.38. The summed E-state index contributed by atoms with van der Waals surface area (Å²) in [6, 6.07) is 9.29. The van der Waals surface area contributed by atoms with Gasteiger partial charge in [0, 0.05) is 11.5 Å². The number of anilines is 1. The first-order valence-corrected chi connectivity index (χ1v) is 8.46. The van der Waals surface area contributed by atoms with Crippen LogP contribution in [0.25, 0.3) is 10.9 Å². The second kappa shape index (κ2) is 7.06. The smallest absolute Gasteiger partial charge is 0.416 e. The summed E-state index contributed by atoms with van der Waals surface area (Å²) in [5.74, 6) is 1.81. The van der Waals surface area contributed by atoms with Crippen molar-refractivity contribution < 1.29 is 17.9 Å². The summed E-state index contributed by atoms with van der Waals surface area (Å²) in [6.07, 6.45) is -4.38. The summed E-state index contributed by atoms with van der Waals surface area (Å²) >= 11 is 0. The van der Waals surface area contributed by atoms with Gasteiger partial charge in [-0.1, -0.05) is 12.1 Å². The number of hydrogen-bond acceptors (Lipinski definition) is 4. The highest BCUT2D eigenvalue weighted by atomic mass is 19.4. The average molecular weight is 375 g/mol. The third-order valence-electron chi connectivity index (χ3n) is 4.52. The Morgan fingerprint density at radius 1 is 1.07 bits per heavy atom. The number of aromatic nitrogens is 2. The first kappa shape index (κ1) is 18.9. The number of alkyl halides is 3. The van der Waals surface area contributed by atoms with E-state index in [0.29, 0.717) is 28.5 Å². The van der Waals surface area contributed by atoms with Gasteiger partial charge in [0.2, 0.25) is 0 Å². The molecule has 142 valence electrons. The van der Waals surface area contributed by atoms with Crippen LogP contribution in [0.3, 0.4) is 0 Å². The molecule has 0 saturated heterocycles. The van der Waals surface area contributed by atoms with Crippen molar-refractivity contribution in [1.82, 2.24) is 9.97 Å². The summed E-state index contributed by atoms with van der Waals surface area (Å²) in [6.45, 7) is 5.07. The Labute approximate surface area is 155 Å².